The number of ether oxygens (including phenoxy) is 1. The molecule has 4 rings (SSSR count). The van der Waals surface area contributed by atoms with Crippen LogP contribution in [0.25, 0.3) is 11.1 Å². The van der Waals surface area contributed by atoms with Crippen LogP contribution in [0.5, 0.6) is 0 Å². The first-order chi connectivity index (χ1) is 15.4. The molecule has 0 aliphatic carbocycles. The molecule has 0 bridgehead atoms. The highest BCUT2D eigenvalue weighted by atomic mass is 32.1. The molecule has 1 unspecified atom stereocenters. The average Bonchev–Trinajstić information content (AvgIpc) is 3.42. The number of methoxy groups -OCH3 is 1. The van der Waals surface area contributed by atoms with E-state index in [4.69, 9.17) is 4.74 Å². The van der Waals surface area contributed by atoms with Gasteiger partial charge in [-0.2, -0.15) is 11.3 Å². The van der Waals surface area contributed by atoms with E-state index in [-0.39, 0.29) is 17.3 Å². The number of aliphatic hydroxyl groups is 1. The maximum Gasteiger partial charge on any atom is 0.294 e. The molecule has 1 atom stereocenters. The molecule has 2 heterocycles. The van der Waals surface area contributed by atoms with Crippen molar-refractivity contribution in [3.05, 3.63) is 87.8 Å². The van der Waals surface area contributed by atoms with Crippen LogP contribution in [0.3, 0.4) is 0 Å². The van der Waals surface area contributed by atoms with Gasteiger partial charge in [0.2, 0.25) is 0 Å². The summed E-state index contributed by atoms with van der Waals surface area (Å²) in [7, 11) is 1.60. The molecular formula is C26H25NO4S. The summed E-state index contributed by atoms with van der Waals surface area (Å²) in [6.45, 7) is 3.86. The lowest BCUT2D eigenvalue weighted by Crippen LogP contribution is -2.32. The Labute approximate surface area is 191 Å². The number of carbonyl (C=O) groups is 2. The lowest BCUT2D eigenvalue weighted by atomic mass is 9.89. The number of amides is 1. The summed E-state index contributed by atoms with van der Waals surface area (Å²) in [5, 5.41) is 14.9. The molecule has 164 valence electrons. The maximum absolute atomic E-state index is 13.2. The highest BCUT2D eigenvalue weighted by Crippen LogP contribution is 2.43. The highest BCUT2D eigenvalue weighted by molar-refractivity contribution is 7.08. The summed E-state index contributed by atoms with van der Waals surface area (Å²) in [5.74, 6) is -1.67. The van der Waals surface area contributed by atoms with Gasteiger partial charge in [0.05, 0.1) is 18.2 Å². The van der Waals surface area contributed by atoms with E-state index >= 15 is 0 Å². The third-order valence-corrected chi connectivity index (χ3v) is 6.33. The van der Waals surface area contributed by atoms with Gasteiger partial charge in [0, 0.05) is 18.7 Å². The van der Waals surface area contributed by atoms with Gasteiger partial charge in [-0.1, -0.05) is 50.2 Å². The van der Waals surface area contributed by atoms with Crippen LogP contribution in [0.15, 0.2) is 76.7 Å². The molecule has 32 heavy (non-hydrogen) atoms. The Kier molecular flexibility index (Phi) is 6.26. The van der Waals surface area contributed by atoms with Crippen LogP contribution in [-0.4, -0.2) is 23.9 Å². The predicted octanol–water partition coefficient (Wildman–Crippen LogP) is 5.69. The molecule has 1 aliphatic heterocycles. The fraction of sp³-hybridized carbons (Fsp3) is 0.231. The number of benzene rings is 2. The smallest absolute Gasteiger partial charge is 0.294 e. The molecule has 3 aromatic rings. The average molecular weight is 448 g/mol. The summed E-state index contributed by atoms with van der Waals surface area (Å²) in [6.07, 6.45) is 0. The zero-order valence-corrected chi connectivity index (χ0v) is 19.1. The Bertz CT molecular complexity index is 1160. The first-order valence-corrected chi connectivity index (χ1v) is 11.4. The Morgan fingerprint density at radius 1 is 1.09 bits per heavy atom. The quantitative estimate of drug-likeness (QED) is 0.505. The molecule has 6 heteroatoms. The Hall–Kier alpha value is -3.22. The number of nitrogens with zero attached hydrogens (tertiary/aromatic N) is 1. The molecule has 1 aromatic heterocycles. The van der Waals surface area contributed by atoms with E-state index in [0.717, 1.165) is 22.3 Å². The predicted molar refractivity (Wildman–Crippen MR) is 127 cm³/mol. The minimum absolute atomic E-state index is 0.135. The number of ketones is 1. The number of anilines is 1. The maximum atomic E-state index is 13.2. The van der Waals surface area contributed by atoms with E-state index in [1.54, 1.807) is 32.3 Å². The van der Waals surface area contributed by atoms with E-state index in [9.17, 15) is 14.7 Å². The van der Waals surface area contributed by atoms with E-state index in [0.29, 0.717) is 12.3 Å². The SMILES string of the molecule is COCc1ccccc1C1C(C(=O)C(C)C)=C(O)C(=O)N1c1ccc(-c2ccsc2)cc1. The summed E-state index contributed by atoms with van der Waals surface area (Å²) in [4.78, 5) is 27.9. The van der Waals surface area contributed by atoms with Crippen molar-refractivity contribution in [1.29, 1.82) is 0 Å². The second-order valence-electron chi connectivity index (χ2n) is 8.05. The van der Waals surface area contributed by atoms with Gasteiger partial charge in [0.15, 0.2) is 11.5 Å². The van der Waals surface area contributed by atoms with Crippen molar-refractivity contribution in [1.82, 2.24) is 0 Å². The van der Waals surface area contributed by atoms with Crippen LogP contribution >= 0.6 is 11.3 Å². The van der Waals surface area contributed by atoms with Crippen molar-refractivity contribution >= 4 is 28.7 Å². The van der Waals surface area contributed by atoms with Crippen LogP contribution < -0.4 is 4.90 Å². The largest absolute Gasteiger partial charge is 0.503 e. The molecule has 2 aromatic carbocycles. The first kappa shape index (κ1) is 22.0. The van der Waals surface area contributed by atoms with Crippen molar-refractivity contribution in [2.45, 2.75) is 26.5 Å². The normalized spacial score (nSPS) is 16.3. The second-order valence-corrected chi connectivity index (χ2v) is 8.83. The first-order valence-electron chi connectivity index (χ1n) is 10.4. The molecule has 1 aliphatic rings. The molecule has 0 spiro atoms. The van der Waals surface area contributed by atoms with Gasteiger partial charge in [-0.25, -0.2) is 0 Å². The summed E-state index contributed by atoms with van der Waals surface area (Å²) >= 11 is 1.62. The summed E-state index contributed by atoms with van der Waals surface area (Å²) < 4.78 is 5.36. The van der Waals surface area contributed by atoms with Crippen molar-refractivity contribution in [3.8, 4) is 11.1 Å². The topological polar surface area (TPSA) is 66.8 Å². The van der Waals surface area contributed by atoms with Gasteiger partial charge in [-0.15, -0.1) is 0 Å². The summed E-state index contributed by atoms with van der Waals surface area (Å²) in [5.41, 5.74) is 4.51. The van der Waals surface area contributed by atoms with Gasteiger partial charge < -0.3 is 9.84 Å². The van der Waals surface area contributed by atoms with Crippen molar-refractivity contribution < 1.29 is 19.4 Å². The molecule has 0 fully saturated rings. The fourth-order valence-corrected chi connectivity index (χ4v) is 4.72. The Morgan fingerprint density at radius 3 is 2.44 bits per heavy atom. The van der Waals surface area contributed by atoms with Crippen LogP contribution in [0, 0.1) is 5.92 Å². The second kappa shape index (κ2) is 9.10. The van der Waals surface area contributed by atoms with Crippen LogP contribution in [-0.2, 0) is 20.9 Å². The standard InChI is InChI=1S/C26H25NO4S/c1-16(2)24(28)22-23(21-7-5-4-6-18(21)14-31-3)27(26(30)25(22)29)20-10-8-17(9-11-20)19-12-13-32-15-19/h4-13,15-16,23,29H,14H2,1-3H3. The Balaban J connectivity index is 1.84. The van der Waals surface area contributed by atoms with E-state index in [1.807, 2.05) is 60.0 Å². The van der Waals surface area contributed by atoms with E-state index in [2.05, 4.69) is 5.38 Å². The molecule has 5 nitrogen and oxygen atoms in total. The van der Waals surface area contributed by atoms with Gasteiger partial charge in [0.25, 0.3) is 5.91 Å². The number of hydrogen-bond donors (Lipinski definition) is 1. The third kappa shape index (κ3) is 3.87. The van der Waals surface area contributed by atoms with Crippen LogP contribution in [0.2, 0.25) is 0 Å². The fourth-order valence-electron chi connectivity index (χ4n) is 4.06. The zero-order valence-electron chi connectivity index (χ0n) is 18.2. The van der Waals surface area contributed by atoms with Crippen molar-refractivity contribution in [2.24, 2.45) is 5.92 Å². The lowest BCUT2D eigenvalue weighted by Gasteiger charge is -2.29. The van der Waals surface area contributed by atoms with Crippen molar-refractivity contribution in [2.75, 3.05) is 12.0 Å². The van der Waals surface area contributed by atoms with Gasteiger partial charge in [-0.3, -0.25) is 14.5 Å². The van der Waals surface area contributed by atoms with Crippen molar-refractivity contribution in [3.63, 3.8) is 0 Å². The number of thiophene rings is 1. The number of rotatable bonds is 7. The molecule has 1 N–H and O–H groups in total. The van der Waals surface area contributed by atoms with Crippen LogP contribution in [0.4, 0.5) is 5.69 Å². The monoisotopic (exact) mass is 447 g/mol. The van der Waals surface area contributed by atoms with Crippen LogP contribution in [0.1, 0.15) is 31.0 Å². The minimum Gasteiger partial charge on any atom is -0.503 e. The van der Waals surface area contributed by atoms with Gasteiger partial charge in [0.1, 0.15) is 0 Å². The van der Waals surface area contributed by atoms with E-state index < -0.39 is 17.7 Å². The Morgan fingerprint density at radius 2 is 1.81 bits per heavy atom. The molecule has 0 saturated carbocycles. The highest BCUT2D eigenvalue weighted by Gasteiger charge is 2.45. The molecule has 0 radical (unpaired) electrons. The van der Waals surface area contributed by atoms with Gasteiger partial charge in [-0.05, 0) is 51.2 Å². The third-order valence-electron chi connectivity index (χ3n) is 5.65. The van der Waals surface area contributed by atoms with Gasteiger partial charge >= 0.3 is 0 Å². The molecular weight excluding hydrogens is 422 g/mol. The molecule has 0 saturated heterocycles. The number of Topliss-reactive ketones (excluding diaryl/α,β-unsaturated/α-hetero) is 1. The number of hydrogen-bond acceptors (Lipinski definition) is 5. The lowest BCUT2D eigenvalue weighted by molar-refractivity contribution is -0.119. The van der Waals surface area contributed by atoms with E-state index in [1.165, 1.54) is 4.90 Å². The number of aliphatic hydroxyl groups excluding tert-OH is 1. The zero-order chi connectivity index (χ0) is 22.8. The number of carbonyl (C=O) groups excluding carboxylic acids is 2. The summed E-state index contributed by atoms with van der Waals surface area (Å²) in [6, 6.07) is 16.5. The molecule has 1 amide bonds. The minimum atomic E-state index is -0.726.